The third-order valence-corrected chi connectivity index (χ3v) is 3.51. The van der Waals surface area contributed by atoms with E-state index in [0.717, 1.165) is 15.7 Å². The van der Waals surface area contributed by atoms with Crippen LogP contribution in [0.1, 0.15) is 17.3 Å². The van der Waals surface area contributed by atoms with Crippen LogP contribution >= 0.6 is 27.5 Å². The van der Waals surface area contributed by atoms with E-state index in [4.69, 9.17) is 11.6 Å². The third kappa shape index (κ3) is 2.51. The lowest BCUT2D eigenvalue weighted by Crippen LogP contribution is -2.19. The molecule has 1 atom stereocenters. The van der Waals surface area contributed by atoms with E-state index in [1.165, 1.54) is 4.80 Å². The summed E-state index contributed by atoms with van der Waals surface area (Å²) < 4.78 is 0.954. The molecule has 1 aromatic heterocycles. The molecule has 2 aromatic rings. The average molecular weight is 316 g/mol. The van der Waals surface area contributed by atoms with E-state index in [-0.39, 0.29) is 6.04 Å². The van der Waals surface area contributed by atoms with E-state index >= 15 is 0 Å². The van der Waals surface area contributed by atoms with Gasteiger partial charge in [0, 0.05) is 22.1 Å². The first-order chi connectivity index (χ1) is 8.13. The van der Waals surface area contributed by atoms with Gasteiger partial charge in [0.05, 0.1) is 12.2 Å². The van der Waals surface area contributed by atoms with Gasteiger partial charge < -0.3 is 5.32 Å². The predicted octanol–water partition coefficient (Wildman–Crippen LogP) is 2.54. The smallest absolute Gasteiger partial charge is 0.104 e. The van der Waals surface area contributed by atoms with E-state index < -0.39 is 0 Å². The van der Waals surface area contributed by atoms with Crippen LogP contribution in [0.15, 0.2) is 28.9 Å². The van der Waals surface area contributed by atoms with Crippen LogP contribution in [0, 0.1) is 0 Å². The van der Waals surface area contributed by atoms with Crippen molar-refractivity contribution in [2.24, 2.45) is 7.05 Å². The molecular weight excluding hydrogens is 304 g/mol. The summed E-state index contributed by atoms with van der Waals surface area (Å²) in [7, 11) is 3.66. The second-order valence-corrected chi connectivity index (χ2v) is 4.88. The zero-order chi connectivity index (χ0) is 12.4. The van der Waals surface area contributed by atoms with Gasteiger partial charge in [0.25, 0.3) is 0 Å². The number of halogens is 2. The van der Waals surface area contributed by atoms with Crippen LogP contribution in [0.25, 0.3) is 0 Å². The molecule has 0 amide bonds. The average Bonchev–Trinajstić information content (AvgIpc) is 2.70. The first-order valence-electron chi connectivity index (χ1n) is 5.11. The Labute approximate surface area is 113 Å². The number of benzene rings is 1. The summed E-state index contributed by atoms with van der Waals surface area (Å²) in [6.07, 6.45) is 1.73. The number of nitrogens with one attached hydrogen (secondary N) is 1. The summed E-state index contributed by atoms with van der Waals surface area (Å²) in [6, 6.07) is 5.65. The first-order valence-corrected chi connectivity index (χ1v) is 6.28. The minimum absolute atomic E-state index is 0.0771. The summed E-state index contributed by atoms with van der Waals surface area (Å²) in [5.41, 5.74) is 1.81. The molecule has 0 bridgehead atoms. The minimum Gasteiger partial charge on any atom is -0.308 e. The number of hydrogen-bond donors (Lipinski definition) is 1. The van der Waals surface area contributed by atoms with Crippen molar-refractivity contribution >= 4 is 27.5 Å². The molecule has 0 saturated heterocycles. The molecule has 1 unspecified atom stereocenters. The number of aromatic nitrogens is 3. The van der Waals surface area contributed by atoms with Crippen molar-refractivity contribution in [2.75, 3.05) is 7.05 Å². The van der Waals surface area contributed by atoms with Crippen LogP contribution in [0.2, 0.25) is 5.02 Å². The molecule has 1 N–H and O–H groups in total. The lowest BCUT2D eigenvalue weighted by molar-refractivity contribution is 0.612. The van der Waals surface area contributed by atoms with Gasteiger partial charge in [0.2, 0.25) is 0 Å². The maximum atomic E-state index is 6.23. The fourth-order valence-corrected chi connectivity index (χ4v) is 2.71. The fourth-order valence-electron chi connectivity index (χ4n) is 1.72. The Bertz CT molecular complexity index is 506. The monoisotopic (exact) mass is 314 g/mol. The summed E-state index contributed by atoms with van der Waals surface area (Å²) in [5, 5.41) is 12.3. The highest BCUT2D eigenvalue weighted by molar-refractivity contribution is 9.10. The molecule has 1 aromatic carbocycles. The largest absolute Gasteiger partial charge is 0.308 e. The predicted molar refractivity (Wildman–Crippen MR) is 71.1 cm³/mol. The normalized spacial score (nSPS) is 12.7. The minimum atomic E-state index is -0.0771. The van der Waals surface area contributed by atoms with Crippen molar-refractivity contribution < 1.29 is 0 Å². The third-order valence-electron chi connectivity index (χ3n) is 2.49. The van der Waals surface area contributed by atoms with E-state index in [9.17, 15) is 0 Å². The van der Waals surface area contributed by atoms with Gasteiger partial charge in [-0.3, -0.25) is 0 Å². The van der Waals surface area contributed by atoms with Crippen molar-refractivity contribution in [3.63, 3.8) is 0 Å². The molecule has 0 fully saturated rings. The second kappa shape index (κ2) is 5.16. The Balaban J connectivity index is 2.49. The molecular formula is C11H12BrClN4. The molecule has 90 valence electrons. The highest BCUT2D eigenvalue weighted by Crippen LogP contribution is 2.33. The van der Waals surface area contributed by atoms with Crippen molar-refractivity contribution in [1.82, 2.24) is 20.3 Å². The van der Waals surface area contributed by atoms with Gasteiger partial charge in [0.1, 0.15) is 5.69 Å². The van der Waals surface area contributed by atoms with E-state index in [2.05, 4.69) is 31.4 Å². The van der Waals surface area contributed by atoms with Crippen molar-refractivity contribution in [3.05, 3.63) is 45.1 Å². The van der Waals surface area contributed by atoms with E-state index in [1.807, 2.05) is 25.2 Å². The molecule has 6 heteroatoms. The lowest BCUT2D eigenvalue weighted by Gasteiger charge is -2.17. The highest BCUT2D eigenvalue weighted by atomic mass is 79.9. The fraction of sp³-hybridized carbons (Fsp3) is 0.273. The summed E-state index contributed by atoms with van der Waals surface area (Å²) in [5.74, 6) is 0. The standard InChI is InChI=1S/C11H12BrClN4/c1-14-11(9-6-15-17(2)16-9)10-7(12)4-3-5-8(10)13/h3-6,11,14H,1-2H3. The maximum absolute atomic E-state index is 6.23. The molecule has 2 rings (SSSR count). The van der Waals surface area contributed by atoms with Gasteiger partial charge in [-0.1, -0.05) is 33.6 Å². The SMILES string of the molecule is CNC(c1cnn(C)n1)c1c(Cl)cccc1Br. The van der Waals surface area contributed by atoms with Crippen LogP contribution in [-0.4, -0.2) is 22.0 Å². The topological polar surface area (TPSA) is 42.7 Å². The van der Waals surface area contributed by atoms with Gasteiger partial charge >= 0.3 is 0 Å². The van der Waals surface area contributed by atoms with Crippen molar-refractivity contribution in [3.8, 4) is 0 Å². The Morgan fingerprint density at radius 1 is 1.47 bits per heavy atom. The Morgan fingerprint density at radius 2 is 2.24 bits per heavy atom. The molecule has 0 spiro atoms. The van der Waals surface area contributed by atoms with Crippen LogP contribution in [0.4, 0.5) is 0 Å². The van der Waals surface area contributed by atoms with Crippen LogP contribution in [0.5, 0.6) is 0 Å². The van der Waals surface area contributed by atoms with Crippen LogP contribution in [0.3, 0.4) is 0 Å². The van der Waals surface area contributed by atoms with Gasteiger partial charge in [-0.15, -0.1) is 0 Å². The Morgan fingerprint density at radius 3 is 2.76 bits per heavy atom. The summed E-state index contributed by atoms with van der Waals surface area (Å²) >= 11 is 9.75. The van der Waals surface area contributed by atoms with Gasteiger partial charge in [-0.25, -0.2) is 0 Å². The molecule has 0 aliphatic carbocycles. The summed E-state index contributed by atoms with van der Waals surface area (Å²) in [4.78, 5) is 1.53. The van der Waals surface area contributed by atoms with Gasteiger partial charge in [-0.2, -0.15) is 15.0 Å². The van der Waals surface area contributed by atoms with Gasteiger partial charge in [-0.05, 0) is 19.2 Å². The lowest BCUT2D eigenvalue weighted by atomic mass is 10.0. The molecule has 0 aliphatic heterocycles. The first kappa shape index (κ1) is 12.5. The number of rotatable bonds is 3. The number of hydrogen-bond acceptors (Lipinski definition) is 3. The Hall–Kier alpha value is -0.910. The number of nitrogens with zero attached hydrogens (tertiary/aromatic N) is 3. The molecule has 1 heterocycles. The zero-order valence-corrected chi connectivity index (χ0v) is 11.8. The quantitative estimate of drug-likeness (QED) is 0.946. The van der Waals surface area contributed by atoms with Crippen LogP contribution in [-0.2, 0) is 7.05 Å². The van der Waals surface area contributed by atoms with Gasteiger partial charge in [0.15, 0.2) is 0 Å². The number of aryl methyl sites for hydroxylation is 1. The second-order valence-electron chi connectivity index (χ2n) is 3.62. The molecule has 0 aliphatic rings. The van der Waals surface area contributed by atoms with Crippen LogP contribution < -0.4 is 5.32 Å². The van der Waals surface area contributed by atoms with E-state index in [1.54, 1.807) is 13.2 Å². The Kier molecular flexibility index (Phi) is 3.81. The van der Waals surface area contributed by atoms with Crippen molar-refractivity contribution in [2.45, 2.75) is 6.04 Å². The molecule has 4 nitrogen and oxygen atoms in total. The molecule has 17 heavy (non-hydrogen) atoms. The molecule has 0 saturated carbocycles. The maximum Gasteiger partial charge on any atom is 0.104 e. The highest BCUT2D eigenvalue weighted by Gasteiger charge is 2.20. The van der Waals surface area contributed by atoms with E-state index in [0.29, 0.717) is 5.02 Å². The van der Waals surface area contributed by atoms with Crippen molar-refractivity contribution in [1.29, 1.82) is 0 Å². The zero-order valence-electron chi connectivity index (χ0n) is 9.48. The summed E-state index contributed by atoms with van der Waals surface area (Å²) in [6.45, 7) is 0. The molecule has 0 radical (unpaired) electrons.